The van der Waals surface area contributed by atoms with Gasteiger partial charge in [-0.2, -0.15) is 0 Å². The third-order valence-electron chi connectivity index (χ3n) is 3.65. The van der Waals surface area contributed by atoms with Crippen LogP contribution in [0, 0.1) is 5.41 Å². The molecule has 1 aliphatic rings. The van der Waals surface area contributed by atoms with E-state index < -0.39 is 5.41 Å². The molecule has 4 N–H and O–H groups in total. The topological polar surface area (TPSA) is 93.5 Å². The van der Waals surface area contributed by atoms with Crippen molar-refractivity contribution in [2.24, 2.45) is 11.1 Å². The van der Waals surface area contributed by atoms with Crippen LogP contribution < -0.4 is 16.4 Å². The van der Waals surface area contributed by atoms with E-state index in [9.17, 15) is 9.59 Å². The van der Waals surface area contributed by atoms with Gasteiger partial charge >= 0.3 is 0 Å². The number of carbonyl (C=O) groups is 2. The first-order valence-corrected chi connectivity index (χ1v) is 7.27. The lowest BCUT2D eigenvalue weighted by Gasteiger charge is -2.34. The normalized spacial score (nSPS) is 17.2. The number of nitrogens with two attached hydrogens (primary N) is 1. The van der Waals surface area contributed by atoms with Gasteiger partial charge in [-0.25, -0.2) is 0 Å². The highest BCUT2D eigenvalue weighted by atomic mass is 32.1. The Balaban J connectivity index is 2.47. The maximum Gasteiger partial charge on any atom is 0.239 e. The zero-order chi connectivity index (χ0) is 15.0. The van der Waals surface area contributed by atoms with Crippen LogP contribution >= 0.6 is 12.2 Å². The average molecular weight is 301 g/mol. The van der Waals surface area contributed by atoms with Crippen LogP contribution in [0.25, 0.3) is 0 Å². The number of ether oxygens (including phenoxy) is 1. The van der Waals surface area contributed by atoms with Crippen LogP contribution in [0.5, 0.6) is 0 Å². The molecule has 0 bridgehead atoms. The number of thiocarbonyl (C=S) groups is 1. The minimum Gasteiger partial charge on any atom is -0.392 e. The van der Waals surface area contributed by atoms with E-state index in [1.807, 2.05) is 0 Å². The van der Waals surface area contributed by atoms with Gasteiger partial charge in [-0.05, 0) is 12.8 Å². The summed E-state index contributed by atoms with van der Waals surface area (Å²) < 4.78 is 4.82. The molecule has 2 amide bonds. The van der Waals surface area contributed by atoms with E-state index >= 15 is 0 Å². The number of rotatable bonds is 7. The van der Waals surface area contributed by atoms with Gasteiger partial charge in [0.05, 0.1) is 23.6 Å². The monoisotopic (exact) mass is 301 g/mol. The lowest BCUT2D eigenvalue weighted by atomic mass is 9.73. The van der Waals surface area contributed by atoms with Gasteiger partial charge in [0.25, 0.3) is 0 Å². The van der Waals surface area contributed by atoms with E-state index in [0.717, 1.165) is 19.3 Å². The second-order valence-electron chi connectivity index (χ2n) is 5.03. The van der Waals surface area contributed by atoms with Crippen LogP contribution in [0.1, 0.15) is 32.1 Å². The molecule has 0 saturated heterocycles. The van der Waals surface area contributed by atoms with E-state index in [1.54, 1.807) is 7.11 Å². The summed E-state index contributed by atoms with van der Waals surface area (Å²) in [6, 6.07) is 0. The van der Waals surface area contributed by atoms with Crippen LogP contribution in [0.15, 0.2) is 0 Å². The first kappa shape index (κ1) is 16.8. The number of amides is 2. The second kappa shape index (κ2) is 8.16. The molecule has 0 heterocycles. The summed E-state index contributed by atoms with van der Waals surface area (Å²) in [7, 11) is 1.56. The molecule has 0 unspecified atom stereocenters. The Morgan fingerprint density at radius 3 is 2.45 bits per heavy atom. The first-order chi connectivity index (χ1) is 9.53. The van der Waals surface area contributed by atoms with Crippen molar-refractivity contribution < 1.29 is 14.3 Å². The fraction of sp³-hybridized carbons (Fsp3) is 0.769. The molecular weight excluding hydrogens is 278 g/mol. The maximum absolute atomic E-state index is 12.3. The van der Waals surface area contributed by atoms with Crippen molar-refractivity contribution in [3.63, 3.8) is 0 Å². The molecule has 0 aromatic carbocycles. The number of hydrogen-bond acceptors (Lipinski definition) is 4. The van der Waals surface area contributed by atoms with E-state index in [0.29, 0.717) is 26.0 Å². The van der Waals surface area contributed by atoms with Crippen LogP contribution in [0.4, 0.5) is 0 Å². The Morgan fingerprint density at radius 1 is 1.25 bits per heavy atom. The van der Waals surface area contributed by atoms with Gasteiger partial charge in [0.2, 0.25) is 11.8 Å². The summed E-state index contributed by atoms with van der Waals surface area (Å²) in [6.07, 6.45) is 4.30. The summed E-state index contributed by atoms with van der Waals surface area (Å²) in [5, 5.41) is 5.28. The second-order valence-corrected chi connectivity index (χ2v) is 5.47. The summed E-state index contributed by atoms with van der Waals surface area (Å²) >= 11 is 5.07. The first-order valence-electron chi connectivity index (χ1n) is 6.87. The fourth-order valence-corrected chi connectivity index (χ4v) is 2.72. The molecule has 6 nitrogen and oxygen atoms in total. The highest BCUT2D eigenvalue weighted by Gasteiger charge is 2.42. The quantitative estimate of drug-likeness (QED) is 0.458. The smallest absolute Gasteiger partial charge is 0.239 e. The SMILES string of the molecule is COCCNC(=O)CNC(=O)C1(C(N)=S)CCCCC1. The lowest BCUT2D eigenvalue weighted by Crippen LogP contribution is -2.51. The van der Waals surface area contributed by atoms with Crippen LogP contribution in [0.2, 0.25) is 0 Å². The van der Waals surface area contributed by atoms with Crippen molar-refractivity contribution in [1.82, 2.24) is 10.6 Å². The van der Waals surface area contributed by atoms with Crippen LogP contribution in [-0.2, 0) is 14.3 Å². The molecule has 0 atom stereocenters. The van der Waals surface area contributed by atoms with Crippen molar-refractivity contribution >= 4 is 29.0 Å². The number of methoxy groups -OCH3 is 1. The van der Waals surface area contributed by atoms with Crippen molar-refractivity contribution in [2.75, 3.05) is 26.8 Å². The van der Waals surface area contributed by atoms with Gasteiger partial charge in [0, 0.05) is 13.7 Å². The molecule has 114 valence electrons. The Bertz CT molecular complexity index is 368. The van der Waals surface area contributed by atoms with E-state index in [2.05, 4.69) is 10.6 Å². The molecule has 0 aliphatic heterocycles. The lowest BCUT2D eigenvalue weighted by molar-refractivity contribution is -0.131. The minimum atomic E-state index is -0.777. The molecular formula is C13H23N3O3S. The van der Waals surface area contributed by atoms with Crippen molar-refractivity contribution in [3.05, 3.63) is 0 Å². The van der Waals surface area contributed by atoms with Crippen LogP contribution in [-0.4, -0.2) is 43.6 Å². The molecule has 1 fully saturated rings. The number of carbonyl (C=O) groups excluding carboxylic acids is 2. The summed E-state index contributed by atoms with van der Waals surface area (Å²) in [5.74, 6) is -0.476. The maximum atomic E-state index is 12.3. The third kappa shape index (κ3) is 4.42. The van der Waals surface area contributed by atoms with Gasteiger partial charge < -0.3 is 21.1 Å². The number of nitrogens with one attached hydrogen (secondary N) is 2. The minimum absolute atomic E-state index is 0.0626. The molecule has 1 aliphatic carbocycles. The summed E-state index contributed by atoms with van der Waals surface area (Å²) in [5.41, 5.74) is 4.98. The predicted octanol–water partition coefficient (Wildman–Crippen LogP) is 0.102. The van der Waals surface area contributed by atoms with Crippen molar-refractivity contribution in [2.45, 2.75) is 32.1 Å². The van der Waals surface area contributed by atoms with Gasteiger partial charge in [-0.15, -0.1) is 0 Å². The predicted molar refractivity (Wildman–Crippen MR) is 80.2 cm³/mol. The average Bonchev–Trinajstić information content (AvgIpc) is 2.45. The highest BCUT2D eigenvalue weighted by molar-refractivity contribution is 7.80. The molecule has 7 heteroatoms. The Morgan fingerprint density at radius 2 is 1.90 bits per heavy atom. The van der Waals surface area contributed by atoms with E-state index in [4.69, 9.17) is 22.7 Å². The van der Waals surface area contributed by atoms with E-state index in [1.165, 1.54) is 0 Å². The van der Waals surface area contributed by atoms with Crippen molar-refractivity contribution in [3.8, 4) is 0 Å². The molecule has 0 spiro atoms. The third-order valence-corrected chi connectivity index (χ3v) is 4.04. The molecule has 0 aromatic heterocycles. The largest absolute Gasteiger partial charge is 0.392 e. The van der Waals surface area contributed by atoms with Gasteiger partial charge in [0.15, 0.2) is 0 Å². The summed E-state index contributed by atoms with van der Waals surface area (Å²) in [4.78, 5) is 24.1. The highest BCUT2D eigenvalue weighted by Crippen LogP contribution is 2.36. The molecule has 0 aromatic rings. The van der Waals surface area contributed by atoms with Gasteiger partial charge in [-0.3, -0.25) is 9.59 Å². The number of hydrogen-bond donors (Lipinski definition) is 3. The van der Waals surface area contributed by atoms with Crippen LogP contribution in [0.3, 0.4) is 0 Å². The zero-order valence-electron chi connectivity index (χ0n) is 11.9. The summed E-state index contributed by atoms with van der Waals surface area (Å²) in [6.45, 7) is 0.801. The Kier molecular flexibility index (Phi) is 6.87. The fourth-order valence-electron chi connectivity index (χ4n) is 2.43. The molecule has 1 rings (SSSR count). The molecule has 0 radical (unpaired) electrons. The zero-order valence-corrected chi connectivity index (χ0v) is 12.7. The molecule has 1 saturated carbocycles. The van der Waals surface area contributed by atoms with Crippen molar-refractivity contribution in [1.29, 1.82) is 0 Å². The van der Waals surface area contributed by atoms with E-state index in [-0.39, 0.29) is 23.3 Å². The molecule has 20 heavy (non-hydrogen) atoms. The van der Waals surface area contributed by atoms with Gasteiger partial charge in [-0.1, -0.05) is 31.5 Å². The van der Waals surface area contributed by atoms with Gasteiger partial charge in [0.1, 0.15) is 0 Å². The Hall–Kier alpha value is -1.21. The Labute approximate surface area is 124 Å². The standard InChI is InChI=1S/C13H23N3O3S/c1-19-8-7-15-10(17)9-16-12(18)13(11(14)20)5-3-2-4-6-13/h2-9H2,1H3,(H2,14,20)(H,15,17)(H,16,18).